The van der Waals surface area contributed by atoms with Crippen LogP contribution in [0.25, 0.3) is 0 Å². The maximum atomic E-state index is 12.0. The van der Waals surface area contributed by atoms with Gasteiger partial charge >= 0.3 is 0 Å². The Hall–Kier alpha value is -1.03. The Balaban J connectivity index is 2.53. The van der Waals surface area contributed by atoms with Crippen LogP contribution in [-0.2, 0) is 14.6 Å². The smallest absolute Gasteiger partial charge is 0.157 e. The van der Waals surface area contributed by atoms with Gasteiger partial charge in [0.05, 0.1) is 4.75 Å². The molecule has 0 atom stereocenters. The summed E-state index contributed by atoms with van der Waals surface area (Å²) in [6.45, 7) is 0. The summed E-state index contributed by atoms with van der Waals surface area (Å²) in [5.74, 6) is 0.172. The van der Waals surface area contributed by atoms with Crippen LogP contribution in [-0.4, -0.2) is 19.8 Å². The lowest BCUT2D eigenvalue weighted by atomic mass is 9.96. The Labute approximate surface area is 96.0 Å². The van der Waals surface area contributed by atoms with Gasteiger partial charge < -0.3 is 5.11 Å². The van der Waals surface area contributed by atoms with Gasteiger partial charge in [0.25, 0.3) is 0 Å². The van der Waals surface area contributed by atoms with Gasteiger partial charge in [-0.15, -0.1) is 0 Å². The van der Waals surface area contributed by atoms with Crippen LogP contribution in [0.15, 0.2) is 24.3 Å². The fourth-order valence-corrected chi connectivity index (χ4v) is 4.18. The van der Waals surface area contributed by atoms with E-state index in [9.17, 15) is 13.5 Å². The molecular weight excluding hydrogens is 224 g/mol. The van der Waals surface area contributed by atoms with Gasteiger partial charge in [-0.2, -0.15) is 0 Å². The molecule has 0 bridgehead atoms. The lowest BCUT2D eigenvalue weighted by molar-refractivity contribution is 0.473. The SMILES string of the molecule is CS(=O)(=O)C1(c2ccc(O)cc2)CCCC1. The average molecular weight is 240 g/mol. The first-order valence-corrected chi connectivity index (χ1v) is 7.34. The minimum Gasteiger partial charge on any atom is -0.508 e. The van der Waals surface area contributed by atoms with Crippen LogP contribution in [0.5, 0.6) is 5.75 Å². The van der Waals surface area contributed by atoms with Crippen molar-refractivity contribution in [3.8, 4) is 5.75 Å². The second kappa shape index (κ2) is 3.77. The van der Waals surface area contributed by atoms with Gasteiger partial charge in [-0.05, 0) is 30.5 Å². The molecule has 1 aliphatic carbocycles. The van der Waals surface area contributed by atoms with Crippen molar-refractivity contribution in [1.29, 1.82) is 0 Å². The Bertz CT molecular complexity index is 467. The van der Waals surface area contributed by atoms with Crippen LogP contribution in [0.4, 0.5) is 0 Å². The van der Waals surface area contributed by atoms with Gasteiger partial charge in [-0.25, -0.2) is 8.42 Å². The highest BCUT2D eigenvalue weighted by Gasteiger charge is 2.44. The molecule has 0 unspecified atom stereocenters. The zero-order valence-corrected chi connectivity index (χ0v) is 10.1. The number of sulfone groups is 1. The normalized spacial score (nSPS) is 19.8. The average Bonchev–Trinajstić information content (AvgIpc) is 2.68. The number of phenols is 1. The highest BCUT2D eigenvalue weighted by atomic mass is 32.2. The molecular formula is C12H16O3S. The largest absolute Gasteiger partial charge is 0.508 e. The number of phenolic OH excluding ortho intramolecular Hbond substituents is 1. The van der Waals surface area contributed by atoms with Crippen molar-refractivity contribution in [2.45, 2.75) is 30.4 Å². The van der Waals surface area contributed by atoms with Crippen LogP contribution in [0.3, 0.4) is 0 Å². The third-order valence-corrected chi connectivity index (χ3v) is 5.58. The predicted molar refractivity (Wildman–Crippen MR) is 63.1 cm³/mol. The van der Waals surface area contributed by atoms with Crippen LogP contribution >= 0.6 is 0 Å². The minimum atomic E-state index is -3.11. The molecule has 1 aromatic rings. The van der Waals surface area contributed by atoms with E-state index >= 15 is 0 Å². The second-order valence-electron chi connectivity index (χ2n) is 4.52. The topological polar surface area (TPSA) is 54.4 Å². The summed E-state index contributed by atoms with van der Waals surface area (Å²) in [5, 5.41) is 9.24. The molecule has 0 saturated heterocycles. The Morgan fingerprint density at radius 3 is 2.06 bits per heavy atom. The van der Waals surface area contributed by atoms with E-state index in [1.165, 1.54) is 6.26 Å². The predicted octanol–water partition coefficient (Wildman–Crippen LogP) is 2.21. The van der Waals surface area contributed by atoms with Gasteiger partial charge in [0.15, 0.2) is 9.84 Å². The Morgan fingerprint density at radius 1 is 1.12 bits per heavy atom. The maximum absolute atomic E-state index is 12.0. The summed E-state index contributed by atoms with van der Waals surface area (Å²) in [6, 6.07) is 6.56. The van der Waals surface area contributed by atoms with Crippen molar-refractivity contribution in [1.82, 2.24) is 0 Å². The summed E-state index contributed by atoms with van der Waals surface area (Å²) in [7, 11) is -3.11. The fraction of sp³-hybridized carbons (Fsp3) is 0.500. The Kier molecular flexibility index (Phi) is 2.70. The third-order valence-electron chi connectivity index (χ3n) is 3.51. The molecule has 0 aliphatic heterocycles. The Morgan fingerprint density at radius 2 is 1.62 bits per heavy atom. The van der Waals surface area contributed by atoms with E-state index < -0.39 is 14.6 Å². The summed E-state index contributed by atoms with van der Waals surface area (Å²) in [5.41, 5.74) is 0.810. The van der Waals surface area contributed by atoms with E-state index in [4.69, 9.17) is 0 Å². The summed E-state index contributed by atoms with van der Waals surface area (Å²) < 4.78 is 23.2. The van der Waals surface area contributed by atoms with E-state index in [0.717, 1.165) is 18.4 Å². The van der Waals surface area contributed by atoms with Gasteiger partial charge in [-0.3, -0.25) is 0 Å². The standard InChI is InChI=1S/C12H16O3S/c1-16(14,15)12(8-2-3-9-12)10-4-6-11(13)7-5-10/h4-7,13H,2-3,8-9H2,1H3. The molecule has 3 nitrogen and oxygen atoms in total. The first-order valence-electron chi connectivity index (χ1n) is 5.45. The zero-order chi connectivity index (χ0) is 11.8. The number of rotatable bonds is 2. The quantitative estimate of drug-likeness (QED) is 0.862. The van der Waals surface area contributed by atoms with Crippen molar-refractivity contribution in [3.63, 3.8) is 0 Å². The molecule has 1 N–H and O–H groups in total. The van der Waals surface area contributed by atoms with E-state index in [-0.39, 0.29) is 5.75 Å². The molecule has 2 rings (SSSR count). The molecule has 0 spiro atoms. The van der Waals surface area contributed by atoms with E-state index in [1.807, 2.05) is 0 Å². The first kappa shape index (κ1) is 11.5. The minimum absolute atomic E-state index is 0.172. The summed E-state index contributed by atoms with van der Waals surface area (Å²) >= 11 is 0. The summed E-state index contributed by atoms with van der Waals surface area (Å²) in [6.07, 6.45) is 4.60. The number of aromatic hydroxyl groups is 1. The van der Waals surface area contributed by atoms with Gasteiger partial charge in [0, 0.05) is 6.26 Å². The summed E-state index contributed by atoms with van der Waals surface area (Å²) in [4.78, 5) is 0. The molecule has 1 fully saturated rings. The van der Waals surface area contributed by atoms with Gasteiger partial charge in [0.1, 0.15) is 5.75 Å². The lowest BCUT2D eigenvalue weighted by Gasteiger charge is -2.27. The molecule has 4 heteroatoms. The van der Waals surface area contributed by atoms with E-state index in [0.29, 0.717) is 12.8 Å². The molecule has 1 aliphatic rings. The molecule has 0 aromatic heterocycles. The van der Waals surface area contributed by atoms with E-state index in [1.54, 1.807) is 24.3 Å². The fourth-order valence-electron chi connectivity index (χ4n) is 2.58. The molecule has 0 radical (unpaired) electrons. The second-order valence-corrected chi connectivity index (χ2v) is 6.85. The van der Waals surface area contributed by atoms with Gasteiger partial charge in [0.2, 0.25) is 0 Å². The van der Waals surface area contributed by atoms with Crippen LogP contribution < -0.4 is 0 Å². The molecule has 88 valence electrons. The molecule has 1 aromatic carbocycles. The van der Waals surface area contributed by atoms with Crippen molar-refractivity contribution >= 4 is 9.84 Å². The number of benzene rings is 1. The van der Waals surface area contributed by atoms with Crippen molar-refractivity contribution in [2.24, 2.45) is 0 Å². The van der Waals surface area contributed by atoms with Crippen LogP contribution in [0, 0.1) is 0 Å². The highest BCUT2D eigenvalue weighted by molar-refractivity contribution is 7.91. The van der Waals surface area contributed by atoms with Gasteiger partial charge in [-0.1, -0.05) is 25.0 Å². The lowest BCUT2D eigenvalue weighted by Crippen LogP contribution is -2.31. The zero-order valence-electron chi connectivity index (χ0n) is 9.31. The maximum Gasteiger partial charge on any atom is 0.157 e. The number of hydrogen-bond donors (Lipinski definition) is 1. The molecule has 0 heterocycles. The third kappa shape index (κ3) is 1.71. The van der Waals surface area contributed by atoms with Crippen molar-refractivity contribution < 1.29 is 13.5 Å². The van der Waals surface area contributed by atoms with Crippen LogP contribution in [0.2, 0.25) is 0 Å². The van der Waals surface area contributed by atoms with Crippen LogP contribution in [0.1, 0.15) is 31.2 Å². The van der Waals surface area contributed by atoms with Crippen molar-refractivity contribution in [3.05, 3.63) is 29.8 Å². The van der Waals surface area contributed by atoms with Crippen molar-refractivity contribution in [2.75, 3.05) is 6.26 Å². The first-order chi connectivity index (χ1) is 7.46. The highest BCUT2D eigenvalue weighted by Crippen LogP contribution is 2.45. The molecule has 0 amide bonds. The monoisotopic (exact) mass is 240 g/mol. The number of hydrogen-bond acceptors (Lipinski definition) is 3. The molecule has 16 heavy (non-hydrogen) atoms. The molecule has 1 saturated carbocycles. The van der Waals surface area contributed by atoms with E-state index in [2.05, 4.69) is 0 Å².